The van der Waals surface area contributed by atoms with Crippen molar-refractivity contribution in [1.29, 1.82) is 0 Å². The molecule has 5 atom stereocenters. The average Bonchev–Trinajstić information content (AvgIpc) is 2.50. The van der Waals surface area contributed by atoms with Crippen molar-refractivity contribution in [2.45, 2.75) is 58.4 Å². The van der Waals surface area contributed by atoms with Gasteiger partial charge in [-0.2, -0.15) is 0 Å². The van der Waals surface area contributed by atoms with Crippen LogP contribution < -0.4 is 0 Å². The molecule has 0 spiro atoms. The minimum atomic E-state index is -1.20. The summed E-state index contributed by atoms with van der Waals surface area (Å²) in [5.41, 5.74) is 0. The van der Waals surface area contributed by atoms with Crippen molar-refractivity contribution in [3.8, 4) is 0 Å². The summed E-state index contributed by atoms with van der Waals surface area (Å²) in [7, 11) is 0. The molecule has 25 heavy (non-hydrogen) atoms. The molecule has 0 saturated carbocycles. The van der Waals surface area contributed by atoms with Crippen LogP contribution >= 0.6 is 0 Å². The summed E-state index contributed by atoms with van der Waals surface area (Å²) in [5, 5.41) is 0. The predicted octanol–water partition coefficient (Wildman–Crippen LogP) is -0.284. The van der Waals surface area contributed by atoms with E-state index in [0.29, 0.717) is 0 Å². The predicted molar refractivity (Wildman–Crippen MR) is 79.0 cm³/mol. The first-order valence-electron chi connectivity index (χ1n) is 7.64. The highest BCUT2D eigenvalue weighted by Crippen LogP contribution is 2.29. The molecule has 10 heteroatoms. The fourth-order valence-electron chi connectivity index (χ4n) is 2.42. The van der Waals surface area contributed by atoms with Crippen LogP contribution in [0.4, 0.5) is 0 Å². The van der Waals surface area contributed by atoms with Gasteiger partial charge in [0.05, 0.1) is 0 Å². The van der Waals surface area contributed by atoms with Crippen molar-refractivity contribution in [2.75, 3.05) is 13.2 Å². The third kappa shape index (κ3) is 6.31. The lowest BCUT2D eigenvalue weighted by Crippen LogP contribution is -2.62. The Morgan fingerprint density at radius 2 is 1.44 bits per heavy atom. The Labute approximate surface area is 144 Å². The van der Waals surface area contributed by atoms with E-state index >= 15 is 0 Å². The number of carbonyl (C=O) groups excluding carboxylic acids is 4. The van der Waals surface area contributed by atoms with Gasteiger partial charge >= 0.3 is 17.9 Å². The molecule has 142 valence electrons. The summed E-state index contributed by atoms with van der Waals surface area (Å²) >= 11 is 0. The highest BCUT2D eigenvalue weighted by Gasteiger charge is 2.52. The number of rotatable bonds is 8. The summed E-state index contributed by atoms with van der Waals surface area (Å²) in [6.45, 7) is 5.27. The van der Waals surface area contributed by atoms with Gasteiger partial charge in [0.1, 0.15) is 12.7 Å². The molecule has 1 rings (SSSR count). The molecule has 0 aromatic rings. The van der Waals surface area contributed by atoms with Crippen molar-refractivity contribution in [3.63, 3.8) is 0 Å². The monoisotopic (exact) mass is 362 g/mol. The second-order valence-electron chi connectivity index (χ2n) is 5.15. The minimum absolute atomic E-state index is 0.197. The molecule has 1 saturated heterocycles. The first-order valence-corrected chi connectivity index (χ1v) is 7.64. The highest BCUT2D eigenvalue weighted by atomic mass is 16.7. The molecule has 0 amide bonds. The van der Waals surface area contributed by atoms with Crippen LogP contribution in [-0.4, -0.2) is 68.3 Å². The van der Waals surface area contributed by atoms with E-state index in [9.17, 15) is 19.2 Å². The fourth-order valence-corrected chi connectivity index (χ4v) is 2.42. The van der Waals surface area contributed by atoms with Gasteiger partial charge in [-0.05, 0) is 6.92 Å². The smallest absolute Gasteiger partial charge is 0.303 e. The van der Waals surface area contributed by atoms with Crippen LogP contribution in [0.25, 0.3) is 0 Å². The van der Waals surface area contributed by atoms with Crippen LogP contribution in [0.5, 0.6) is 0 Å². The van der Waals surface area contributed by atoms with Gasteiger partial charge < -0.3 is 28.4 Å². The van der Waals surface area contributed by atoms with Crippen molar-refractivity contribution >= 4 is 24.4 Å². The summed E-state index contributed by atoms with van der Waals surface area (Å²) in [6.07, 6.45) is -5.62. The number of carbonyl (C=O) groups is 4. The lowest BCUT2D eigenvalue weighted by molar-refractivity contribution is -0.306. The second kappa shape index (κ2) is 9.94. The van der Waals surface area contributed by atoms with Gasteiger partial charge in [0.15, 0.2) is 24.6 Å². The van der Waals surface area contributed by atoms with Gasteiger partial charge in [0, 0.05) is 27.4 Å². The van der Waals surface area contributed by atoms with Crippen LogP contribution in [0.3, 0.4) is 0 Å². The van der Waals surface area contributed by atoms with Crippen LogP contribution in [0.2, 0.25) is 0 Å². The largest absolute Gasteiger partial charge is 0.465 e. The third-order valence-electron chi connectivity index (χ3n) is 3.16. The van der Waals surface area contributed by atoms with Crippen LogP contribution in [0.15, 0.2) is 0 Å². The van der Waals surface area contributed by atoms with E-state index in [1.54, 1.807) is 6.92 Å². The van der Waals surface area contributed by atoms with Gasteiger partial charge in [0.25, 0.3) is 6.47 Å². The topological polar surface area (TPSA) is 124 Å². The highest BCUT2D eigenvalue weighted by molar-refractivity contribution is 5.68. The molecule has 0 aliphatic carbocycles. The summed E-state index contributed by atoms with van der Waals surface area (Å²) < 4.78 is 31.2. The average molecular weight is 362 g/mol. The van der Waals surface area contributed by atoms with Gasteiger partial charge in [0.2, 0.25) is 0 Å². The van der Waals surface area contributed by atoms with Gasteiger partial charge in [-0.3, -0.25) is 19.2 Å². The maximum Gasteiger partial charge on any atom is 0.303 e. The first-order chi connectivity index (χ1) is 11.8. The van der Waals surface area contributed by atoms with Crippen LogP contribution in [-0.2, 0) is 47.6 Å². The van der Waals surface area contributed by atoms with Crippen molar-refractivity contribution in [1.82, 2.24) is 0 Å². The normalized spacial score (nSPS) is 28.6. The molecule has 1 aliphatic heterocycles. The lowest BCUT2D eigenvalue weighted by atomic mass is 9.98. The number of ether oxygens (including phenoxy) is 6. The zero-order valence-corrected chi connectivity index (χ0v) is 14.5. The van der Waals surface area contributed by atoms with E-state index in [4.69, 9.17) is 23.7 Å². The van der Waals surface area contributed by atoms with Crippen molar-refractivity contribution < 1.29 is 47.6 Å². The summed E-state index contributed by atoms with van der Waals surface area (Å²) in [5.74, 6) is -2.04. The number of hydrogen-bond donors (Lipinski definition) is 0. The maximum absolute atomic E-state index is 11.5. The Hall–Kier alpha value is -2.20. The second-order valence-corrected chi connectivity index (χ2v) is 5.15. The van der Waals surface area contributed by atoms with Crippen molar-refractivity contribution in [2.24, 2.45) is 0 Å². The molecule has 0 bridgehead atoms. The molecule has 2 unspecified atom stereocenters. The first kappa shape index (κ1) is 20.8. The Bertz CT molecular complexity index is 491. The Balaban J connectivity index is 3.21. The van der Waals surface area contributed by atoms with Gasteiger partial charge in [-0.1, -0.05) is 0 Å². The molecule has 0 aromatic heterocycles. The number of hydrogen-bond acceptors (Lipinski definition) is 10. The standard InChI is InChI=1S/C15H22O10/c1-5-21-15-14(24-10(4)19)13(23-9(3)18)12(22-8(2)17)11(25-15)6-20-7-16/h7,11-15H,5-6H2,1-4H3/t11?,12-,13?,14-,15-/m1/s1. The van der Waals surface area contributed by atoms with E-state index in [1.165, 1.54) is 0 Å². The van der Waals surface area contributed by atoms with E-state index in [-0.39, 0.29) is 19.7 Å². The molecule has 1 fully saturated rings. The SMILES string of the molecule is CCO[C@@H]1OC(COC=O)[C@@H](OC(C)=O)C(OC(C)=O)[C@H]1OC(C)=O. The maximum atomic E-state index is 11.5. The van der Waals surface area contributed by atoms with E-state index < -0.39 is 48.6 Å². The molecular weight excluding hydrogens is 340 g/mol. The zero-order chi connectivity index (χ0) is 19.0. The Morgan fingerprint density at radius 3 is 1.92 bits per heavy atom. The molecular formula is C15H22O10. The van der Waals surface area contributed by atoms with E-state index in [0.717, 1.165) is 20.8 Å². The molecule has 1 heterocycles. The van der Waals surface area contributed by atoms with Gasteiger partial charge in [-0.15, -0.1) is 0 Å². The van der Waals surface area contributed by atoms with Crippen LogP contribution in [0.1, 0.15) is 27.7 Å². The quantitative estimate of drug-likeness (QED) is 0.323. The Kier molecular flexibility index (Phi) is 8.29. The van der Waals surface area contributed by atoms with Crippen molar-refractivity contribution in [3.05, 3.63) is 0 Å². The van der Waals surface area contributed by atoms with E-state index in [2.05, 4.69) is 4.74 Å². The number of esters is 3. The molecule has 0 aromatic carbocycles. The van der Waals surface area contributed by atoms with Crippen LogP contribution in [0, 0.1) is 0 Å². The zero-order valence-electron chi connectivity index (χ0n) is 14.5. The molecule has 0 radical (unpaired) electrons. The lowest BCUT2D eigenvalue weighted by Gasteiger charge is -2.43. The third-order valence-corrected chi connectivity index (χ3v) is 3.16. The summed E-state index contributed by atoms with van der Waals surface area (Å²) in [6, 6.07) is 0. The van der Waals surface area contributed by atoms with E-state index in [1.807, 2.05) is 0 Å². The molecule has 1 aliphatic rings. The fraction of sp³-hybridized carbons (Fsp3) is 0.733. The molecule has 0 N–H and O–H groups in total. The summed E-state index contributed by atoms with van der Waals surface area (Å²) in [4.78, 5) is 44.8. The minimum Gasteiger partial charge on any atom is -0.465 e. The molecule has 10 nitrogen and oxygen atoms in total. The Morgan fingerprint density at radius 1 is 0.920 bits per heavy atom. The van der Waals surface area contributed by atoms with Gasteiger partial charge in [-0.25, -0.2) is 0 Å².